The minimum Gasteiger partial charge on any atom is -0.361 e. The van der Waals surface area contributed by atoms with Crippen LogP contribution in [0.15, 0.2) is 48.9 Å². The molecule has 0 amide bonds. The Morgan fingerprint density at radius 3 is 2.64 bits per heavy atom. The molecule has 1 aromatic carbocycles. The van der Waals surface area contributed by atoms with Crippen molar-refractivity contribution < 1.29 is 0 Å². The Morgan fingerprint density at radius 1 is 1.05 bits per heavy atom. The fraction of sp³-hybridized carbons (Fsp3) is 0.333. The van der Waals surface area contributed by atoms with Crippen molar-refractivity contribution in [1.29, 1.82) is 0 Å². The number of rotatable bonds is 3. The van der Waals surface area contributed by atoms with Crippen molar-refractivity contribution in [3.05, 3.63) is 60.3 Å². The van der Waals surface area contributed by atoms with Crippen LogP contribution < -0.4 is 0 Å². The molecule has 0 saturated carbocycles. The molecular formula is C18H20N4. The number of hydrogen-bond donors (Lipinski definition) is 1. The fourth-order valence-corrected chi connectivity index (χ4v) is 3.37. The standard InChI is InChI=1S/C18H20N4/c1-2-5-17-16(4-1)15(12-21-17)13-22-10-6-14(7-11-22)18-19-8-3-9-20-18/h1-5,8-9,12,14,21H,6-7,10-11,13H2. The summed E-state index contributed by atoms with van der Waals surface area (Å²) in [6.45, 7) is 3.25. The quantitative estimate of drug-likeness (QED) is 0.805. The number of aromatic nitrogens is 3. The number of H-pyrrole nitrogens is 1. The number of benzene rings is 1. The molecule has 0 aliphatic carbocycles. The average molecular weight is 292 g/mol. The van der Waals surface area contributed by atoms with Gasteiger partial charge < -0.3 is 4.98 Å². The summed E-state index contributed by atoms with van der Waals surface area (Å²) in [5.41, 5.74) is 2.62. The lowest BCUT2D eigenvalue weighted by atomic mass is 9.95. The molecule has 112 valence electrons. The Balaban J connectivity index is 1.42. The van der Waals surface area contributed by atoms with Crippen LogP contribution in [0.25, 0.3) is 10.9 Å². The molecule has 4 heteroatoms. The first kappa shape index (κ1) is 13.5. The molecule has 4 nitrogen and oxygen atoms in total. The Morgan fingerprint density at radius 2 is 1.82 bits per heavy atom. The van der Waals surface area contributed by atoms with Gasteiger partial charge in [0, 0.05) is 42.0 Å². The van der Waals surface area contributed by atoms with Crippen LogP contribution in [0.4, 0.5) is 0 Å². The monoisotopic (exact) mass is 292 g/mol. The van der Waals surface area contributed by atoms with Gasteiger partial charge in [0.15, 0.2) is 0 Å². The summed E-state index contributed by atoms with van der Waals surface area (Å²) >= 11 is 0. The van der Waals surface area contributed by atoms with Gasteiger partial charge in [-0.25, -0.2) is 9.97 Å². The maximum absolute atomic E-state index is 4.41. The van der Waals surface area contributed by atoms with Crippen molar-refractivity contribution in [3.63, 3.8) is 0 Å². The number of para-hydroxylation sites is 1. The molecule has 2 aromatic heterocycles. The molecule has 1 saturated heterocycles. The minimum atomic E-state index is 0.514. The van der Waals surface area contributed by atoms with Gasteiger partial charge in [-0.1, -0.05) is 18.2 Å². The number of aromatic amines is 1. The summed E-state index contributed by atoms with van der Waals surface area (Å²) in [5.74, 6) is 1.52. The van der Waals surface area contributed by atoms with E-state index >= 15 is 0 Å². The molecule has 0 unspecified atom stereocenters. The number of nitrogens with zero attached hydrogens (tertiary/aromatic N) is 3. The molecule has 22 heavy (non-hydrogen) atoms. The van der Waals surface area contributed by atoms with Gasteiger partial charge in [0.25, 0.3) is 0 Å². The largest absolute Gasteiger partial charge is 0.361 e. The number of likely N-dealkylation sites (tertiary alicyclic amines) is 1. The molecule has 3 heterocycles. The van der Waals surface area contributed by atoms with E-state index in [0.717, 1.165) is 38.3 Å². The van der Waals surface area contributed by atoms with E-state index in [0.29, 0.717) is 5.92 Å². The molecule has 0 atom stereocenters. The Labute approximate surface area is 130 Å². The zero-order valence-electron chi connectivity index (χ0n) is 12.6. The summed E-state index contributed by atoms with van der Waals surface area (Å²) in [4.78, 5) is 14.7. The lowest BCUT2D eigenvalue weighted by Gasteiger charge is -2.31. The Hall–Kier alpha value is -2.20. The summed E-state index contributed by atoms with van der Waals surface area (Å²) < 4.78 is 0. The van der Waals surface area contributed by atoms with Gasteiger partial charge >= 0.3 is 0 Å². The molecule has 1 N–H and O–H groups in total. The van der Waals surface area contributed by atoms with Crippen molar-refractivity contribution in [2.45, 2.75) is 25.3 Å². The maximum Gasteiger partial charge on any atom is 0.131 e. The first-order chi connectivity index (χ1) is 10.9. The van der Waals surface area contributed by atoms with Gasteiger partial charge in [0.2, 0.25) is 0 Å². The van der Waals surface area contributed by atoms with Crippen LogP contribution in [-0.2, 0) is 6.54 Å². The van der Waals surface area contributed by atoms with E-state index in [1.165, 1.54) is 16.5 Å². The van der Waals surface area contributed by atoms with Crippen LogP contribution in [-0.4, -0.2) is 32.9 Å². The number of nitrogens with one attached hydrogen (secondary N) is 1. The second kappa shape index (κ2) is 5.89. The highest BCUT2D eigenvalue weighted by molar-refractivity contribution is 5.82. The average Bonchev–Trinajstić information content (AvgIpc) is 3.00. The predicted octanol–water partition coefficient (Wildman–Crippen LogP) is 3.34. The van der Waals surface area contributed by atoms with E-state index in [-0.39, 0.29) is 0 Å². The van der Waals surface area contributed by atoms with Gasteiger partial charge in [0.05, 0.1) is 0 Å². The van der Waals surface area contributed by atoms with Crippen molar-refractivity contribution >= 4 is 10.9 Å². The minimum absolute atomic E-state index is 0.514. The smallest absolute Gasteiger partial charge is 0.131 e. The van der Waals surface area contributed by atoms with E-state index in [1.54, 1.807) is 0 Å². The van der Waals surface area contributed by atoms with Crippen LogP contribution in [0.1, 0.15) is 30.1 Å². The highest BCUT2D eigenvalue weighted by atomic mass is 15.1. The van der Waals surface area contributed by atoms with E-state index in [4.69, 9.17) is 0 Å². The Bertz CT molecular complexity index is 742. The molecule has 4 rings (SSSR count). The lowest BCUT2D eigenvalue weighted by Crippen LogP contribution is -2.32. The molecule has 0 radical (unpaired) electrons. The third-order valence-electron chi connectivity index (χ3n) is 4.61. The number of fused-ring (bicyclic) bond motifs is 1. The van der Waals surface area contributed by atoms with Gasteiger partial charge in [-0.15, -0.1) is 0 Å². The molecule has 0 spiro atoms. The summed E-state index contributed by atoms with van der Waals surface area (Å²) in [7, 11) is 0. The first-order valence-electron chi connectivity index (χ1n) is 7.94. The van der Waals surface area contributed by atoms with E-state index < -0.39 is 0 Å². The van der Waals surface area contributed by atoms with Crippen molar-refractivity contribution in [1.82, 2.24) is 19.9 Å². The maximum atomic E-state index is 4.41. The van der Waals surface area contributed by atoms with E-state index in [9.17, 15) is 0 Å². The zero-order valence-corrected chi connectivity index (χ0v) is 12.6. The topological polar surface area (TPSA) is 44.8 Å². The second-order valence-electron chi connectivity index (χ2n) is 6.02. The second-order valence-corrected chi connectivity index (χ2v) is 6.02. The molecule has 3 aromatic rings. The number of hydrogen-bond acceptors (Lipinski definition) is 3. The summed E-state index contributed by atoms with van der Waals surface area (Å²) in [6, 6.07) is 10.4. The van der Waals surface area contributed by atoms with Crippen LogP contribution in [0.5, 0.6) is 0 Å². The van der Waals surface area contributed by atoms with Crippen LogP contribution in [0, 0.1) is 0 Å². The van der Waals surface area contributed by atoms with E-state index in [2.05, 4.69) is 50.3 Å². The number of piperidine rings is 1. The third-order valence-corrected chi connectivity index (χ3v) is 4.61. The van der Waals surface area contributed by atoms with E-state index in [1.807, 2.05) is 18.5 Å². The molecule has 1 fully saturated rings. The SMILES string of the molecule is c1cnc(C2CCN(Cc3c[nH]c4ccccc34)CC2)nc1. The normalized spacial score (nSPS) is 17.1. The Kier molecular flexibility index (Phi) is 3.60. The molecular weight excluding hydrogens is 272 g/mol. The summed E-state index contributed by atoms with van der Waals surface area (Å²) in [5, 5.41) is 1.34. The summed E-state index contributed by atoms with van der Waals surface area (Å²) in [6.07, 6.45) is 8.14. The van der Waals surface area contributed by atoms with Crippen LogP contribution in [0.3, 0.4) is 0 Å². The molecule has 1 aliphatic heterocycles. The highest BCUT2D eigenvalue weighted by Crippen LogP contribution is 2.27. The van der Waals surface area contributed by atoms with Gasteiger partial charge in [-0.3, -0.25) is 4.90 Å². The fourth-order valence-electron chi connectivity index (χ4n) is 3.37. The first-order valence-corrected chi connectivity index (χ1v) is 7.94. The van der Waals surface area contributed by atoms with Crippen molar-refractivity contribution in [2.75, 3.05) is 13.1 Å². The molecule has 1 aliphatic rings. The van der Waals surface area contributed by atoms with Crippen molar-refractivity contribution in [2.24, 2.45) is 0 Å². The molecule has 0 bridgehead atoms. The lowest BCUT2D eigenvalue weighted by molar-refractivity contribution is 0.202. The van der Waals surface area contributed by atoms with Gasteiger partial charge in [-0.2, -0.15) is 0 Å². The third kappa shape index (κ3) is 2.62. The van der Waals surface area contributed by atoms with Crippen LogP contribution >= 0.6 is 0 Å². The highest BCUT2D eigenvalue weighted by Gasteiger charge is 2.22. The van der Waals surface area contributed by atoms with Crippen molar-refractivity contribution in [3.8, 4) is 0 Å². The van der Waals surface area contributed by atoms with Gasteiger partial charge in [0.1, 0.15) is 5.82 Å². The van der Waals surface area contributed by atoms with Crippen LogP contribution in [0.2, 0.25) is 0 Å². The predicted molar refractivity (Wildman–Crippen MR) is 87.6 cm³/mol. The zero-order chi connectivity index (χ0) is 14.8. The van der Waals surface area contributed by atoms with Gasteiger partial charge in [-0.05, 0) is 43.6 Å².